The number of carbonyl (C=O) groups is 3. The Kier molecular flexibility index (Phi) is 5.52. The first-order chi connectivity index (χ1) is 13.7. The van der Waals surface area contributed by atoms with Crippen LogP contribution in [0.15, 0.2) is 59.3 Å². The van der Waals surface area contributed by atoms with E-state index in [0.717, 1.165) is 6.07 Å². The van der Waals surface area contributed by atoms with Crippen LogP contribution in [-0.4, -0.2) is 30.1 Å². The van der Waals surface area contributed by atoms with E-state index in [0.29, 0.717) is 16.9 Å². The van der Waals surface area contributed by atoms with Gasteiger partial charge in [0, 0.05) is 5.70 Å². The van der Waals surface area contributed by atoms with Gasteiger partial charge in [0.2, 0.25) is 0 Å². The SMILES string of the molecule is COC(=O)C1=C(C)N(c2ccc(F)c(Cl)c2)C(=O)/C1=C\c1ccc(C(=O)O)cc1. The van der Waals surface area contributed by atoms with Crippen molar-refractivity contribution in [3.63, 3.8) is 0 Å². The second kappa shape index (κ2) is 7.89. The predicted molar refractivity (Wildman–Crippen MR) is 105 cm³/mol. The normalized spacial score (nSPS) is 15.2. The largest absolute Gasteiger partial charge is 0.478 e. The molecule has 1 heterocycles. The highest BCUT2D eigenvalue weighted by Gasteiger charge is 2.38. The standard InChI is InChI=1S/C21H15ClFNO5/c1-11-18(21(28)29-2)15(9-12-3-5-13(6-4-12)20(26)27)19(25)24(11)14-7-8-17(23)16(22)10-14/h3-10H,1-2H3,(H,26,27)/b15-9-. The van der Waals surface area contributed by atoms with E-state index in [9.17, 15) is 18.8 Å². The summed E-state index contributed by atoms with van der Waals surface area (Å²) in [6.45, 7) is 1.57. The number of esters is 1. The van der Waals surface area contributed by atoms with E-state index in [-0.39, 0.29) is 21.7 Å². The van der Waals surface area contributed by atoms with Crippen LogP contribution in [0.4, 0.5) is 10.1 Å². The summed E-state index contributed by atoms with van der Waals surface area (Å²) in [6.07, 6.45) is 1.47. The van der Waals surface area contributed by atoms with Gasteiger partial charge in [-0.2, -0.15) is 0 Å². The summed E-state index contributed by atoms with van der Waals surface area (Å²) in [6, 6.07) is 9.61. The molecule has 0 saturated carbocycles. The molecule has 0 aromatic heterocycles. The average molecular weight is 416 g/mol. The van der Waals surface area contributed by atoms with Crippen molar-refractivity contribution in [2.45, 2.75) is 6.92 Å². The van der Waals surface area contributed by atoms with Crippen molar-refractivity contribution in [1.29, 1.82) is 0 Å². The van der Waals surface area contributed by atoms with Crippen LogP contribution < -0.4 is 4.90 Å². The van der Waals surface area contributed by atoms with Gasteiger partial charge in [-0.3, -0.25) is 9.69 Å². The Labute approximate surface area is 170 Å². The number of methoxy groups -OCH3 is 1. The molecule has 0 spiro atoms. The van der Waals surface area contributed by atoms with E-state index in [1.165, 1.54) is 54.5 Å². The zero-order valence-corrected chi connectivity index (χ0v) is 16.2. The second-order valence-corrected chi connectivity index (χ2v) is 6.58. The molecule has 148 valence electrons. The van der Waals surface area contributed by atoms with Crippen molar-refractivity contribution in [1.82, 2.24) is 0 Å². The van der Waals surface area contributed by atoms with Gasteiger partial charge in [0.05, 0.1) is 34.5 Å². The Morgan fingerprint density at radius 3 is 2.38 bits per heavy atom. The fraction of sp³-hybridized carbons (Fsp3) is 0.0952. The van der Waals surface area contributed by atoms with Crippen LogP contribution in [0.1, 0.15) is 22.8 Å². The molecule has 1 aliphatic rings. The molecule has 0 radical (unpaired) electrons. The minimum atomic E-state index is -1.08. The van der Waals surface area contributed by atoms with E-state index >= 15 is 0 Å². The van der Waals surface area contributed by atoms with Crippen LogP contribution in [0, 0.1) is 5.82 Å². The first-order valence-corrected chi connectivity index (χ1v) is 8.76. The summed E-state index contributed by atoms with van der Waals surface area (Å²) in [7, 11) is 1.20. The van der Waals surface area contributed by atoms with Crippen molar-refractivity contribution in [3.05, 3.63) is 81.3 Å². The minimum Gasteiger partial charge on any atom is -0.478 e. The maximum Gasteiger partial charge on any atom is 0.340 e. The highest BCUT2D eigenvalue weighted by molar-refractivity contribution is 6.31. The van der Waals surface area contributed by atoms with Crippen molar-refractivity contribution in [3.8, 4) is 0 Å². The van der Waals surface area contributed by atoms with Crippen molar-refractivity contribution >= 4 is 41.2 Å². The number of carbonyl (C=O) groups excluding carboxylic acids is 2. The molecule has 3 rings (SSSR count). The van der Waals surface area contributed by atoms with Crippen LogP contribution in [0.25, 0.3) is 6.08 Å². The first-order valence-electron chi connectivity index (χ1n) is 8.38. The van der Waals surface area contributed by atoms with Gasteiger partial charge in [0.15, 0.2) is 0 Å². The fourth-order valence-corrected chi connectivity index (χ4v) is 3.18. The maximum atomic E-state index is 13.5. The summed E-state index contributed by atoms with van der Waals surface area (Å²) in [5, 5.41) is 8.84. The molecule has 2 aromatic rings. The van der Waals surface area contributed by atoms with E-state index < -0.39 is 23.7 Å². The Hall–Kier alpha value is -3.45. The van der Waals surface area contributed by atoms with Gasteiger partial charge in [-0.15, -0.1) is 0 Å². The van der Waals surface area contributed by atoms with Crippen molar-refractivity contribution in [2.24, 2.45) is 0 Å². The summed E-state index contributed by atoms with van der Waals surface area (Å²) < 4.78 is 18.3. The smallest absolute Gasteiger partial charge is 0.340 e. The van der Waals surface area contributed by atoms with Gasteiger partial charge in [-0.1, -0.05) is 23.7 Å². The Bertz CT molecular complexity index is 1090. The monoisotopic (exact) mass is 415 g/mol. The number of rotatable bonds is 4. The molecule has 1 amide bonds. The van der Waals surface area contributed by atoms with E-state index in [1.54, 1.807) is 6.92 Å². The number of benzene rings is 2. The Morgan fingerprint density at radius 1 is 1.17 bits per heavy atom. The zero-order chi connectivity index (χ0) is 21.3. The number of halogens is 2. The molecular weight excluding hydrogens is 401 g/mol. The maximum absolute atomic E-state index is 13.5. The number of nitrogens with zero attached hydrogens (tertiary/aromatic N) is 1. The summed E-state index contributed by atoms with van der Waals surface area (Å²) in [5.41, 5.74) is 1.33. The Balaban J connectivity index is 2.11. The molecule has 0 atom stereocenters. The molecule has 1 N–H and O–H groups in total. The number of allylic oxidation sites excluding steroid dienone is 1. The van der Waals surface area contributed by atoms with Gasteiger partial charge in [0.25, 0.3) is 5.91 Å². The number of ether oxygens (including phenoxy) is 1. The van der Waals surface area contributed by atoms with Gasteiger partial charge in [-0.25, -0.2) is 14.0 Å². The molecule has 1 aliphatic heterocycles. The quantitative estimate of drug-likeness (QED) is 0.601. The number of carboxylic acids is 1. The topological polar surface area (TPSA) is 83.9 Å². The number of amides is 1. The number of carboxylic acid groups (broad SMARTS) is 1. The van der Waals surface area contributed by atoms with Crippen LogP contribution in [-0.2, 0) is 14.3 Å². The van der Waals surface area contributed by atoms with Crippen LogP contribution in [0.3, 0.4) is 0 Å². The number of hydrogen-bond acceptors (Lipinski definition) is 4. The third-order valence-corrected chi connectivity index (χ3v) is 4.71. The molecule has 0 unspecified atom stereocenters. The van der Waals surface area contributed by atoms with E-state index in [2.05, 4.69) is 0 Å². The number of anilines is 1. The third-order valence-electron chi connectivity index (χ3n) is 4.42. The molecule has 29 heavy (non-hydrogen) atoms. The minimum absolute atomic E-state index is 0.0558. The number of hydrogen-bond donors (Lipinski definition) is 1. The van der Waals surface area contributed by atoms with Crippen LogP contribution >= 0.6 is 11.6 Å². The predicted octanol–water partition coefficient (Wildman–Crippen LogP) is 4.05. The zero-order valence-electron chi connectivity index (χ0n) is 15.4. The summed E-state index contributed by atoms with van der Waals surface area (Å²) in [5.74, 6) is -2.94. The van der Waals surface area contributed by atoms with E-state index in [4.69, 9.17) is 21.4 Å². The summed E-state index contributed by atoms with van der Waals surface area (Å²) in [4.78, 5) is 37.7. The van der Waals surface area contributed by atoms with Gasteiger partial charge < -0.3 is 9.84 Å². The lowest BCUT2D eigenvalue weighted by Gasteiger charge is -2.18. The summed E-state index contributed by atoms with van der Waals surface area (Å²) >= 11 is 5.84. The van der Waals surface area contributed by atoms with Gasteiger partial charge in [0.1, 0.15) is 5.82 Å². The molecule has 0 aliphatic carbocycles. The second-order valence-electron chi connectivity index (χ2n) is 6.18. The molecule has 0 bridgehead atoms. The Morgan fingerprint density at radius 2 is 1.83 bits per heavy atom. The highest BCUT2D eigenvalue weighted by Crippen LogP contribution is 2.36. The first kappa shape index (κ1) is 20.3. The molecule has 0 saturated heterocycles. The van der Waals surface area contributed by atoms with Crippen molar-refractivity contribution in [2.75, 3.05) is 12.0 Å². The lowest BCUT2D eigenvalue weighted by Crippen LogP contribution is -2.24. The van der Waals surface area contributed by atoms with Gasteiger partial charge >= 0.3 is 11.9 Å². The highest BCUT2D eigenvalue weighted by atomic mass is 35.5. The van der Waals surface area contributed by atoms with Crippen LogP contribution in [0.2, 0.25) is 5.02 Å². The molecular formula is C21H15ClFNO5. The molecule has 0 fully saturated rings. The third kappa shape index (κ3) is 3.77. The number of aromatic carboxylic acids is 1. The lowest BCUT2D eigenvalue weighted by atomic mass is 10.0. The van der Waals surface area contributed by atoms with Crippen LogP contribution in [0.5, 0.6) is 0 Å². The van der Waals surface area contributed by atoms with Crippen molar-refractivity contribution < 1.29 is 28.6 Å². The average Bonchev–Trinajstić information content (AvgIpc) is 2.94. The molecule has 6 nitrogen and oxygen atoms in total. The van der Waals surface area contributed by atoms with E-state index in [1.807, 2.05) is 0 Å². The fourth-order valence-electron chi connectivity index (χ4n) is 3.00. The molecule has 2 aromatic carbocycles. The lowest BCUT2D eigenvalue weighted by molar-refractivity contribution is -0.136. The van der Waals surface area contributed by atoms with Gasteiger partial charge in [-0.05, 0) is 48.9 Å². The molecule has 8 heteroatoms.